The van der Waals surface area contributed by atoms with Crippen molar-refractivity contribution < 1.29 is 0 Å². The van der Waals surface area contributed by atoms with Crippen LogP contribution in [-0.2, 0) is 0 Å². The number of hydrogen-bond donors (Lipinski definition) is 1. The van der Waals surface area contributed by atoms with Crippen LogP contribution in [0.5, 0.6) is 0 Å². The Balaban J connectivity index is 2.06. The maximum atomic E-state index is 4.65. The lowest BCUT2D eigenvalue weighted by molar-refractivity contribution is 0.561. The van der Waals surface area contributed by atoms with E-state index in [-0.39, 0.29) is 0 Å². The molecule has 1 N–H and O–H groups in total. The van der Waals surface area contributed by atoms with Gasteiger partial charge in [-0.15, -0.1) is 0 Å². The molecule has 1 fully saturated rings. The first kappa shape index (κ1) is 15.6. The van der Waals surface area contributed by atoms with E-state index in [1.165, 1.54) is 17.9 Å². The molecular weight excluding hydrogens is 266 g/mol. The Morgan fingerprint density at radius 1 is 1.40 bits per heavy atom. The van der Waals surface area contributed by atoms with Gasteiger partial charge in [0.25, 0.3) is 0 Å². The van der Waals surface area contributed by atoms with Crippen molar-refractivity contribution in [2.75, 3.05) is 30.8 Å². The molecule has 4 heteroatoms. The van der Waals surface area contributed by atoms with Crippen LogP contribution in [-0.4, -0.2) is 35.6 Å². The normalized spacial score (nSPS) is 20.5. The molecular formula is C16H27N3S. The molecule has 0 aromatic carbocycles. The topological polar surface area (TPSA) is 28.2 Å². The molecule has 1 atom stereocenters. The van der Waals surface area contributed by atoms with Crippen LogP contribution in [0.2, 0.25) is 0 Å². The summed E-state index contributed by atoms with van der Waals surface area (Å²) in [7, 11) is 2.00. The smallest absolute Gasteiger partial charge is 0.0574 e. The SMILES string of the molecule is CCC(NC)c1ccc(N2CCSC(C)(C)CC2)cn1. The summed E-state index contributed by atoms with van der Waals surface area (Å²) in [5.41, 5.74) is 2.40. The highest BCUT2D eigenvalue weighted by Crippen LogP contribution is 2.32. The van der Waals surface area contributed by atoms with Gasteiger partial charge in [-0.05, 0) is 32.0 Å². The van der Waals surface area contributed by atoms with E-state index in [0.717, 1.165) is 25.2 Å². The molecule has 112 valence electrons. The molecule has 2 rings (SSSR count). The molecule has 0 radical (unpaired) electrons. The fourth-order valence-corrected chi connectivity index (χ4v) is 3.73. The highest BCUT2D eigenvalue weighted by Gasteiger charge is 2.23. The molecule has 1 aliphatic rings. The molecule has 20 heavy (non-hydrogen) atoms. The molecule has 0 aliphatic carbocycles. The van der Waals surface area contributed by atoms with Gasteiger partial charge < -0.3 is 10.2 Å². The number of aromatic nitrogens is 1. The van der Waals surface area contributed by atoms with E-state index in [0.29, 0.717) is 10.8 Å². The minimum atomic E-state index is 0.364. The molecule has 0 bridgehead atoms. The summed E-state index contributed by atoms with van der Waals surface area (Å²) in [5.74, 6) is 1.20. The first-order chi connectivity index (χ1) is 9.55. The minimum Gasteiger partial charge on any atom is -0.369 e. The highest BCUT2D eigenvalue weighted by atomic mass is 32.2. The van der Waals surface area contributed by atoms with E-state index in [1.807, 2.05) is 13.2 Å². The third kappa shape index (κ3) is 3.89. The Morgan fingerprint density at radius 3 is 2.80 bits per heavy atom. The summed E-state index contributed by atoms with van der Waals surface area (Å²) >= 11 is 2.08. The van der Waals surface area contributed by atoms with E-state index >= 15 is 0 Å². The van der Waals surface area contributed by atoms with Crippen molar-refractivity contribution in [2.45, 2.75) is 44.4 Å². The molecule has 1 aliphatic heterocycles. The standard InChI is InChI=1S/C16H27N3S/c1-5-14(17-4)15-7-6-13(12-18-15)19-9-8-16(2,3)20-11-10-19/h6-7,12,14,17H,5,8-11H2,1-4H3. The molecule has 0 spiro atoms. The predicted octanol–water partition coefficient (Wildman–Crippen LogP) is 3.47. The molecule has 3 nitrogen and oxygen atoms in total. The predicted molar refractivity (Wildman–Crippen MR) is 89.7 cm³/mol. The van der Waals surface area contributed by atoms with Crippen LogP contribution < -0.4 is 10.2 Å². The van der Waals surface area contributed by atoms with Crippen LogP contribution in [0.15, 0.2) is 18.3 Å². The number of thioether (sulfide) groups is 1. The van der Waals surface area contributed by atoms with Gasteiger partial charge in [0.1, 0.15) is 0 Å². The Hall–Kier alpha value is -0.740. The number of nitrogens with zero attached hydrogens (tertiary/aromatic N) is 2. The van der Waals surface area contributed by atoms with E-state index in [1.54, 1.807) is 0 Å². The van der Waals surface area contributed by atoms with Crippen molar-refractivity contribution >= 4 is 17.4 Å². The van der Waals surface area contributed by atoms with Gasteiger partial charge in [0, 0.05) is 29.6 Å². The quantitative estimate of drug-likeness (QED) is 0.920. The van der Waals surface area contributed by atoms with Crippen molar-refractivity contribution in [1.82, 2.24) is 10.3 Å². The number of pyridine rings is 1. The van der Waals surface area contributed by atoms with Crippen LogP contribution in [0.4, 0.5) is 5.69 Å². The average molecular weight is 293 g/mol. The molecule has 1 unspecified atom stereocenters. The van der Waals surface area contributed by atoms with Crippen molar-refractivity contribution in [3.63, 3.8) is 0 Å². The van der Waals surface area contributed by atoms with Gasteiger partial charge in [-0.25, -0.2) is 0 Å². The third-order valence-electron chi connectivity index (χ3n) is 4.09. The number of nitrogens with one attached hydrogen (secondary N) is 1. The Morgan fingerprint density at radius 2 is 2.20 bits per heavy atom. The Labute approximate surface area is 127 Å². The maximum Gasteiger partial charge on any atom is 0.0574 e. The Bertz CT molecular complexity index is 412. The van der Waals surface area contributed by atoms with Crippen LogP contribution >= 0.6 is 11.8 Å². The van der Waals surface area contributed by atoms with Crippen LogP contribution in [0, 0.1) is 0 Å². The van der Waals surface area contributed by atoms with Gasteiger partial charge in [0.15, 0.2) is 0 Å². The Kier molecular flexibility index (Phi) is 5.33. The number of hydrogen-bond acceptors (Lipinski definition) is 4. The van der Waals surface area contributed by atoms with Crippen molar-refractivity contribution in [3.8, 4) is 0 Å². The zero-order valence-electron chi connectivity index (χ0n) is 13.1. The first-order valence-corrected chi connectivity index (χ1v) is 8.56. The van der Waals surface area contributed by atoms with E-state index in [9.17, 15) is 0 Å². The van der Waals surface area contributed by atoms with E-state index in [2.05, 4.69) is 59.9 Å². The second kappa shape index (κ2) is 6.81. The highest BCUT2D eigenvalue weighted by molar-refractivity contribution is 8.00. The zero-order chi connectivity index (χ0) is 14.6. The summed E-state index contributed by atoms with van der Waals surface area (Å²) in [6.07, 6.45) is 4.34. The molecule has 1 aromatic heterocycles. The number of rotatable bonds is 4. The molecule has 1 saturated heterocycles. The van der Waals surface area contributed by atoms with Crippen LogP contribution in [0.1, 0.15) is 45.3 Å². The molecule has 0 saturated carbocycles. The van der Waals surface area contributed by atoms with Crippen LogP contribution in [0.3, 0.4) is 0 Å². The summed E-state index contributed by atoms with van der Waals surface area (Å²) in [6, 6.07) is 4.76. The second-order valence-corrected chi connectivity index (χ2v) is 7.84. The van der Waals surface area contributed by atoms with Crippen LogP contribution in [0.25, 0.3) is 0 Å². The molecule has 2 heterocycles. The fourth-order valence-electron chi connectivity index (χ4n) is 2.63. The van der Waals surface area contributed by atoms with Gasteiger partial charge >= 0.3 is 0 Å². The lowest BCUT2D eigenvalue weighted by Crippen LogP contribution is -2.27. The summed E-state index contributed by atoms with van der Waals surface area (Å²) in [6.45, 7) is 9.13. The second-order valence-electron chi connectivity index (χ2n) is 6.04. The van der Waals surface area contributed by atoms with E-state index < -0.39 is 0 Å². The van der Waals surface area contributed by atoms with Crippen molar-refractivity contribution in [3.05, 3.63) is 24.0 Å². The largest absolute Gasteiger partial charge is 0.369 e. The van der Waals surface area contributed by atoms with Crippen molar-refractivity contribution in [2.24, 2.45) is 0 Å². The lowest BCUT2D eigenvalue weighted by Gasteiger charge is -2.24. The monoisotopic (exact) mass is 293 g/mol. The molecule has 0 amide bonds. The van der Waals surface area contributed by atoms with E-state index in [4.69, 9.17) is 0 Å². The zero-order valence-corrected chi connectivity index (χ0v) is 14.0. The lowest BCUT2D eigenvalue weighted by atomic mass is 10.1. The summed E-state index contributed by atoms with van der Waals surface area (Å²) in [4.78, 5) is 7.12. The average Bonchev–Trinajstić information content (AvgIpc) is 2.62. The summed E-state index contributed by atoms with van der Waals surface area (Å²) < 4.78 is 0.404. The minimum absolute atomic E-state index is 0.364. The number of anilines is 1. The van der Waals surface area contributed by atoms with Gasteiger partial charge in [-0.2, -0.15) is 11.8 Å². The third-order valence-corrected chi connectivity index (χ3v) is 5.46. The van der Waals surface area contributed by atoms with Crippen molar-refractivity contribution in [1.29, 1.82) is 0 Å². The van der Waals surface area contributed by atoms with Gasteiger partial charge in [-0.1, -0.05) is 20.8 Å². The maximum absolute atomic E-state index is 4.65. The summed E-state index contributed by atoms with van der Waals surface area (Å²) in [5, 5.41) is 3.31. The molecule has 1 aromatic rings. The van der Waals surface area contributed by atoms with Gasteiger partial charge in [0.05, 0.1) is 17.6 Å². The first-order valence-electron chi connectivity index (χ1n) is 7.58. The fraction of sp³-hybridized carbons (Fsp3) is 0.688. The van der Waals surface area contributed by atoms with Gasteiger partial charge in [-0.3, -0.25) is 4.98 Å². The van der Waals surface area contributed by atoms with Gasteiger partial charge in [0.2, 0.25) is 0 Å².